The minimum atomic E-state index is -1.15. The van der Waals surface area contributed by atoms with E-state index in [1.165, 1.54) is 0 Å². The fourth-order valence-corrected chi connectivity index (χ4v) is 6.64. The number of ether oxygens (including phenoxy) is 1. The van der Waals surface area contributed by atoms with Gasteiger partial charge in [-0.05, 0) is 79.6 Å². The molecule has 198 valence electrons. The Kier molecular flexibility index (Phi) is 9.93. The number of thioether (sulfide) groups is 1. The van der Waals surface area contributed by atoms with Crippen molar-refractivity contribution >= 4 is 51.8 Å². The first-order chi connectivity index (χ1) is 17.9. The van der Waals surface area contributed by atoms with Crippen molar-refractivity contribution < 1.29 is 19.0 Å². The molecule has 2 heterocycles. The Balaban J connectivity index is 1.35. The first-order valence-electron chi connectivity index (χ1n) is 12.4. The van der Waals surface area contributed by atoms with Gasteiger partial charge in [-0.1, -0.05) is 29.3 Å². The molecule has 37 heavy (non-hydrogen) atoms. The lowest BCUT2D eigenvalue weighted by molar-refractivity contribution is -0.139. The molecule has 1 aliphatic heterocycles. The smallest absolute Gasteiger partial charge is 0.303 e. The van der Waals surface area contributed by atoms with E-state index in [9.17, 15) is 9.90 Å². The molecule has 1 unspecified atom stereocenters. The Morgan fingerprint density at radius 2 is 2.11 bits per heavy atom. The Labute approximate surface area is 231 Å². The number of alkyl halides is 1. The number of carboxylic acids is 1. The molecule has 3 aromatic rings. The van der Waals surface area contributed by atoms with Gasteiger partial charge >= 0.3 is 5.97 Å². The van der Waals surface area contributed by atoms with E-state index in [1.807, 2.05) is 30.3 Å². The molecule has 5 nitrogen and oxygen atoms in total. The molecule has 1 saturated heterocycles. The summed E-state index contributed by atoms with van der Waals surface area (Å²) >= 11 is 14.1. The molecule has 9 heteroatoms. The minimum Gasteiger partial charge on any atom is -0.497 e. The number of likely N-dealkylation sites (tertiary alicyclic amines) is 1. The van der Waals surface area contributed by atoms with Gasteiger partial charge in [0.2, 0.25) is 0 Å². The van der Waals surface area contributed by atoms with Crippen molar-refractivity contribution in [2.75, 3.05) is 32.5 Å². The predicted molar refractivity (Wildman–Crippen MR) is 149 cm³/mol. The molecule has 0 aliphatic carbocycles. The van der Waals surface area contributed by atoms with Gasteiger partial charge in [0, 0.05) is 41.7 Å². The number of fused-ring (bicyclic) bond motifs is 1. The van der Waals surface area contributed by atoms with Gasteiger partial charge in [-0.3, -0.25) is 9.78 Å². The molecule has 0 saturated carbocycles. The Morgan fingerprint density at radius 1 is 1.27 bits per heavy atom. The van der Waals surface area contributed by atoms with Crippen molar-refractivity contribution in [3.8, 4) is 5.75 Å². The van der Waals surface area contributed by atoms with E-state index in [0.29, 0.717) is 40.7 Å². The lowest BCUT2D eigenvalue weighted by Gasteiger charge is -2.38. The van der Waals surface area contributed by atoms with Gasteiger partial charge in [-0.15, -0.1) is 11.8 Å². The van der Waals surface area contributed by atoms with Crippen LogP contribution in [0.25, 0.3) is 10.9 Å². The highest BCUT2D eigenvalue weighted by Gasteiger charge is 2.31. The van der Waals surface area contributed by atoms with E-state index in [1.54, 1.807) is 37.2 Å². The van der Waals surface area contributed by atoms with E-state index >= 15 is 4.39 Å². The summed E-state index contributed by atoms with van der Waals surface area (Å²) in [4.78, 5) is 19.2. The summed E-state index contributed by atoms with van der Waals surface area (Å²) in [5, 5.41) is 11.4. The number of hydrogen-bond acceptors (Lipinski definition) is 5. The molecule has 4 rings (SSSR count). The summed E-state index contributed by atoms with van der Waals surface area (Å²) in [5.74, 6) is 0.852. The standard InChI is InChI=1S/C28H31Cl2FN2O3S/c1-36-20-6-8-25-22(16-20)21(9-11-32-25)24(31)7-5-18-10-12-33(17-19(18)15-27(34)35)13-14-37-26-4-2-3-23(29)28(26)30/h2-4,6,8-9,11,16,18-19,24H,5,7,10,12-15,17H2,1H3,(H,34,35)/t18-,19+,24?/m1/s1. The third kappa shape index (κ3) is 7.29. The monoisotopic (exact) mass is 564 g/mol. The number of halogens is 3. The highest BCUT2D eigenvalue weighted by molar-refractivity contribution is 7.99. The van der Waals surface area contributed by atoms with Crippen molar-refractivity contribution in [3.63, 3.8) is 0 Å². The number of benzene rings is 2. The second kappa shape index (κ2) is 13.1. The highest BCUT2D eigenvalue weighted by atomic mass is 35.5. The van der Waals surface area contributed by atoms with Crippen LogP contribution in [0.4, 0.5) is 4.39 Å². The van der Waals surface area contributed by atoms with E-state index in [-0.39, 0.29) is 18.3 Å². The SMILES string of the molecule is COc1ccc2nccc(C(F)CC[C@@H]3CCN(CCSc4cccc(Cl)c4Cl)C[C@@H]3CC(=O)O)c2c1. The number of carbonyl (C=O) groups is 1. The Morgan fingerprint density at radius 3 is 2.89 bits per heavy atom. The van der Waals surface area contributed by atoms with Crippen LogP contribution in [0.3, 0.4) is 0 Å². The maximum absolute atomic E-state index is 15.5. The fraction of sp³-hybridized carbons (Fsp3) is 0.429. The number of hydrogen-bond donors (Lipinski definition) is 1. The van der Waals surface area contributed by atoms with Crippen LogP contribution in [-0.2, 0) is 4.79 Å². The van der Waals surface area contributed by atoms with Crippen molar-refractivity contribution in [2.45, 2.75) is 36.8 Å². The van der Waals surface area contributed by atoms with Crippen molar-refractivity contribution in [1.82, 2.24) is 9.88 Å². The normalized spacial score (nSPS) is 19.1. The number of aromatic nitrogens is 1. The van der Waals surface area contributed by atoms with E-state index in [0.717, 1.165) is 41.1 Å². The van der Waals surface area contributed by atoms with Gasteiger partial charge in [0.05, 0.1) is 22.7 Å². The van der Waals surface area contributed by atoms with Crippen LogP contribution in [0, 0.1) is 11.8 Å². The fourth-order valence-electron chi connectivity index (χ4n) is 5.14. The maximum atomic E-state index is 15.5. The Bertz CT molecular complexity index is 1230. The lowest BCUT2D eigenvalue weighted by Crippen LogP contribution is -2.42. The molecule has 1 aromatic heterocycles. The van der Waals surface area contributed by atoms with Crippen molar-refractivity contribution in [2.24, 2.45) is 11.8 Å². The molecular formula is C28H31Cl2FN2O3S. The second-order valence-corrected chi connectivity index (χ2v) is 11.4. The number of carboxylic acid groups (broad SMARTS) is 1. The molecular weight excluding hydrogens is 534 g/mol. The summed E-state index contributed by atoms with van der Waals surface area (Å²) in [6.07, 6.45) is 2.43. The number of pyridine rings is 1. The summed E-state index contributed by atoms with van der Waals surface area (Å²) in [6, 6.07) is 12.8. The minimum absolute atomic E-state index is 0.00696. The van der Waals surface area contributed by atoms with Crippen LogP contribution in [0.5, 0.6) is 5.75 Å². The second-order valence-electron chi connectivity index (χ2n) is 9.44. The highest BCUT2D eigenvalue weighted by Crippen LogP contribution is 2.37. The molecule has 1 N–H and O–H groups in total. The molecule has 0 radical (unpaired) electrons. The first kappa shape index (κ1) is 28.0. The average Bonchev–Trinajstić information content (AvgIpc) is 2.89. The molecule has 0 spiro atoms. The molecule has 0 bridgehead atoms. The van der Waals surface area contributed by atoms with Gasteiger partial charge in [0.15, 0.2) is 0 Å². The third-order valence-corrected chi connectivity index (χ3v) is 9.07. The van der Waals surface area contributed by atoms with Gasteiger partial charge in [0.1, 0.15) is 11.9 Å². The topological polar surface area (TPSA) is 62.7 Å². The third-order valence-electron chi connectivity index (χ3n) is 7.10. The summed E-state index contributed by atoms with van der Waals surface area (Å²) in [6.45, 7) is 2.40. The summed E-state index contributed by atoms with van der Waals surface area (Å²) in [7, 11) is 1.59. The summed E-state index contributed by atoms with van der Waals surface area (Å²) < 4.78 is 20.8. The zero-order valence-electron chi connectivity index (χ0n) is 20.7. The van der Waals surface area contributed by atoms with E-state index < -0.39 is 12.1 Å². The predicted octanol–water partition coefficient (Wildman–Crippen LogP) is 7.55. The lowest BCUT2D eigenvalue weighted by atomic mass is 9.79. The van der Waals surface area contributed by atoms with Crippen LogP contribution in [0.1, 0.15) is 37.4 Å². The van der Waals surface area contributed by atoms with Gasteiger partial charge < -0.3 is 14.7 Å². The van der Waals surface area contributed by atoms with Crippen molar-refractivity contribution in [1.29, 1.82) is 0 Å². The molecule has 0 amide bonds. The van der Waals surface area contributed by atoms with Gasteiger partial charge in [-0.2, -0.15) is 0 Å². The average molecular weight is 566 g/mol. The first-order valence-corrected chi connectivity index (χ1v) is 14.2. The van der Waals surface area contributed by atoms with Crippen LogP contribution in [-0.4, -0.2) is 53.5 Å². The van der Waals surface area contributed by atoms with E-state index in [2.05, 4.69) is 9.88 Å². The maximum Gasteiger partial charge on any atom is 0.303 e. The van der Waals surface area contributed by atoms with Crippen LogP contribution in [0.2, 0.25) is 10.0 Å². The Hall–Kier alpha value is -2.06. The van der Waals surface area contributed by atoms with Crippen LogP contribution >= 0.6 is 35.0 Å². The van der Waals surface area contributed by atoms with Gasteiger partial charge in [-0.25, -0.2) is 4.39 Å². The molecule has 1 fully saturated rings. The van der Waals surface area contributed by atoms with Crippen molar-refractivity contribution in [3.05, 3.63) is 64.3 Å². The number of rotatable bonds is 11. The molecule has 3 atom stereocenters. The van der Waals surface area contributed by atoms with Gasteiger partial charge in [0.25, 0.3) is 0 Å². The molecule has 1 aliphatic rings. The number of aliphatic carboxylic acids is 1. The largest absolute Gasteiger partial charge is 0.497 e. The van der Waals surface area contributed by atoms with E-state index in [4.69, 9.17) is 27.9 Å². The molecule has 2 aromatic carbocycles. The number of piperidine rings is 1. The quantitative estimate of drug-likeness (QED) is 0.242. The summed E-state index contributed by atoms with van der Waals surface area (Å²) in [5.41, 5.74) is 1.34. The van der Waals surface area contributed by atoms with Crippen LogP contribution in [0.15, 0.2) is 53.6 Å². The zero-order chi connectivity index (χ0) is 26.4. The number of methoxy groups -OCH3 is 1. The number of nitrogens with zero attached hydrogens (tertiary/aromatic N) is 2. The zero-order valence-corrected chi connectivity index (χ0v) is 23.0. The van der Waals surface area contributed by atoms with Crippen LogP contribution < -0.4 is 4.74 Å².